The minimum Gasteiger partial charge on any atom is -0.369 e. The highest BCUT2D eigenvalue weighted by Gasteiger charge is 2.11. The van der Waals surface area contributed by atoms with E-state index in [0.29, 0.717) is 5.82 Å². The molecule has 1 amide bonds. The van der Waals surface area contributed by atoms with Crippen molar-refractivity contribution in [1.82, 2.24) is 10.2 Å². The third kappa shape index (κ3) is 4.01. The van der Waals surface area contributed by atoms with Crippen molar-refractivity contribution in [3.8, 4) is 0 Å². The van der Waals surface area contributed by atoms with E-state index in [1.165, 1.54) is 0 Å². The van der Waals surface area contributed by atoms with Gasteiger partial charge in [-0.1, -0.05) is 19.1 Å². The number of rotatable bonds is 5. The largest absolute Gasteiger partial charge is 0.369 e. The molecule has 0 atom stereocenters. The molecule has 0 radical (unpaired) electrons. The van der Waals surface area contributed by atoms with Crippen LogP contribution in [0.15, 0.2) is 34.8 Å². The van der Waals surface area contributed by atoms with Crippen molar-refractivity contribution in [1.29, 1.82) is 0 Å². The van der Waals surface area contributed by atoms with Crippen molar-refractivity contribution in [3.05, 3.63) is 46.1 Å². The van der Waals surface area contributed by atoms with Crippen molar-refractivity contribution in [3.63, 3.8) is 0 Å². The fraction of sp³-hybridized carbons (Fsp3) is 0.267. The molecule has 0 bridgehead atoms. The molecule has 0 saturated carbocycles. The maximum absolute atomic E-state index is 12.1. The van der Waals surface area contributed by atoms with Crippen LogP contribution >= 0.6 is 15.9 Å². The number of hydrogen-bond acceptors (Lipinski definition) is 4. The molecular weight excluding hydrogens is 332 g/mol. The van der Waals surface area contributed by atoms with Crippen LogP contribution in [0.4, 0.5) is 11.5 Å². The number of nitrogens with zero attached hydrogens (tertiary/aromatic N) is 2. The van der Waals surface area contributed by atoms with Gasteiger partial charge in [0.15, 0.2) is 5.69 Å². The number of anilines is 2. The lowest BCUT2D eigenvalue weighted by atomic mass is 10.2. The number of halogens is 1. The van der Waals surface area contributed by atoms with Gasteiger partial charge in [-0.05, 0) is 53.0 Å². The first kappa shape index (κ1) is 15.4. The fourth-order valence-corrected chi connectivity index (χ4v) is 2.09. The van der Waals surface area contributed by atoms with Crippen molar-refractivity contribution in [2.24, 2.45) is 0 Å². The van der Waals surface area contributed by atoms with Gasteiger partial charge in [0.2, 0.25) is 0 Å². The minimum absolute atomic E-state index is 0.282. The molecule has 2 rings (SSSR count). The van der Waals surface area contributed by atoms with Gasteiger partial charge in [0.25, 0.3) is 5.91 Å². The maximum Gasteiger partial charge on any atom is 0.276 e. The smallest absolute Gasteiger partial charge is 0.276 e. The predicted molar refractivity (Wildman–Crippen MR) is 87.6 cm³/mol. The molecule has 5 nitrogen and oxygen atoms in total. The van der Waals surface area contributed by atoms with E-state index in [9.17, 15) is 4.79 Å². The van der Waals surface area contributed by atoms with Crippen LogP contribution in [0, 0.1) is 6.92 Å². The van der Waals surface area contributed by atoms with E-state index in [2.05, 4.69) is 43.7 Å². The van der Waals surface area contributed by atoms with Gasteiger partial charge in [0.1, 0.15) is 5.82 Å². The Morgan fingerprint density at radius 3 is 2.71 bits per heavy atom. The fourth-order valence-electron chi connectivity index (χ4n) is 1.73. The van der Waals surface area contributed by atoms with E-state index in [0.717, 1.165) is 28.7 Å². The van der Waals surface area contributed by atoms with Crippen molar-refractivity contribution >= 4 is 33.3 Å². The lowest BCUT2D eigenvalue weighted by molar-refractivity contribution is 0.102. The lowest BCUT2D eigenvalue weighted by Gasteiger charge is -2.09. The summed E-state index contributed by atoms with van der Waals surface area (Å²) in [7, 11) is 0. The minimum atomic E-state index is -0.282. The molecule has 1 aromatic carbocycles. The van der Waals surface area contributed by atoms with Gasteiger partial charge in [-0.2, -0.15) is 0 Å². The number of amides is 1. The molecule has 2 N–H and O–H groups in total. The van der Waals surface area contributed by atoms with Gasteiger partial charge >= 0.3 is 0 Å². The Balaban J connectivity index is 2.08. The van der Waals surface area contributed by atoms with Crippen LogP contribution in [-0.4, -0.2) is 22.6 Å². The number of carbonyl (C=O) groups excluding carboxylic acids is 1. The summed E-state index contributed by atoms with van der Waals surface area (Å²) < 4.78 is 0.868. The highest BCUT2D eigenvalue weighted by Crippen LogP contribution is 2.25. The molecule has 21 heavy (non-hydrogen) atoms. The third-order valence-electron chi connectivity index (χ3n) is 2.89. The number of nitrogens with one attached hydrogen (secondary N) is 2. The topological polar surface area (TPSA) is 66.9 Å². The van der Waals surface area contributed by atoms with Gasteiger partial charge in [-0.3, -0.25) is 4.79 Å². The third-order valence-corrected chi connectivity index (χ3v) is 3.95. The molecule has 0 aliphatic rings. The van der Waals surface area contributed by atoms with Gasteiger partial charge in [0, 0.05) is 11.0 Å². The molecule has 6 heteroatoms. The highest BCUT2D eigenvalue weighted by atomic mass is 79.9. The van der Waals surface area contributed by atoms with E-state index in [1.54, 1.807) is 12.1 Å². The molecule has 2 aromatic rings. The molecule has 0 spiro atoms. The van der Waals surface area contributed by atoms with Gasteiger partial charge in [-0.15, -0.1) is 10.2 Å². The van der Waals surface area contributed by atoms with Crippen LogP contribution in [0.5, 0.6) is 0 Å². The summed E-state index contributed by atoms with van der Waals surface area (Å²) >= 11 is 3.46. The van der Waals surface area contributed by atoms with Gasteiger partial charge in [-0.25, -0.2) is 0 Å². The zero-order valence-electron chi connectivity index (χ0n) is 12.0. The Morgan fingerprint density at radius 2 is 2.05 bits per heavy atom. The first-order chi connectivity index (χ1) is 10.1. The number of carbonyl (C=O) groups is 1. The number of hydrogen-bond donors (Lipinski definition) is 2. The van der Waals surface area contributed by atoms with Crippen LogP contribution < -0.4 is 10.6 Å². The Labute approximate surface area is 132 Å². The van der Waals surface area contributed by atoms with E-state index in [4.69, 9.17) is 0 Å². The number of benzene rings is 1. The summed E-state index contributed by atoms with van der Waals surface area (Å²) in [5, 5.41) is 13.9. The average Bonchev–Trinajstić information content (AvgIpc) is 2.50. The molecular formula is C15H17BrN4O. The molecule has 0 aliphatic carbocycles. The van der Waals surface area contributed by atoms with Crippen LogP contribution in [0.25, 0.3) is 0 Å². The van der Waals surface area contributed by atoms with Crippen molar-refractivity contribution in [2.45, 2.75) is 20.3 Å². The second-order valence-electron chi connectivity index (χ2n) is 4.62. The second-order valence-corrected chi connectivity index (χ2v) is 5.41. The second kappa shape index (κ2) is 7.17. The van der Waals surface area contributed by atoms with E-state index in [1.807, 2.05) is 25.1 Å². The highest BCUT2D eigenvalue weighted by molar-refractivity contribution is 9.10. The first-order valence-corrected chi connectivity index (χ1v) is 7.55. The molecule has 0 unspecified atom stereocenters. The first-order valence-electron chi connectivity index (χ1n) is 6.76. The van der Waals surface area contributed by atoms with E-state index < -0.39 is 0 Å². The zero-order valence-corrected chi connectivity index (χ0v) is 13.6. The average molecular weight is 349 g/mol. The Kier molecular flexibility index (Phi) is 5.27. The predicted octanol–water partition coefficient (Wildman–Crippen LogP) is 3.62. The summed E-state index contributed by atoms with van der Waals surface area (Å²) in [6.45, 7) is 4.87. The Bertz CT molecular complexity index is 628. The summed E-state index contributed by atoms with van der Waals surface area (Å²) in [5.74, 6) is 0.390. The van der Waals surface area contributed by atoms with Gasteiger partial charge < -0.3 is 10.6 Å². The number of aryl methyl sites for hydroxylation is 1. The maximum atomic E-state index is 12.1. The summed E-state index contributed by atoms with van der Waals surface area (Å²) in [6.07, 6.45) is 1.01. The standard InChI is InChI=1S/C15H17BrN4O/c1-3-9-17-13-8-7-12(19-20-13)15(21)18-11-6-4-5-10(2)14(11)16/h4-8H,3,9H2,1-2H3,(H,17,20)(H,18,21). The molecule has 0 aliphatic heterocycles. The van der Waals surface area contributed by atoms with Gasteiger partial charge in [0.05, 0.1) is 5.69 Å². The number of aromatic nitrogens is 2. The monoisotopic (exact) mass is 348 g/mol. The van der Waals surface area contributed by atoms with Crippen LogP contribution in [0.3, 0.4) is 0 Å². The van der Waals surface area contributed by atoms with Crippen molar-refractivity contribution < 1.29 is 4.79 Å². The summed E-state index contributed by atoms with van der Waals surface area (Å²) in [5.41, 5.74) is 2.05. The normalized spacial score (nSPS) is 10.2. The summed E-state index contributed by atoms with van der Waals surface area (Å²) in [6, 6.07) is 9.10. The SMILES string of the molecule is CCCNc1ccc(C(=O)Nc2cccc(C)c2Br)nn1. The Hall–Kier alpha value is -1.95. The molecule has 1 aromatic heterocycles. The van der Waals surface area contributed by atoms with E-state index in [-0.39, 0.29) is 11.6 Å². The van der Waals surface area contributed by atoms with E-state index >= 15 is 0 Å². The molecule has 110 valence electrons. The molecule has 0 saturated heterocycles. The zero-order chi connectivity index (χ0) is 15.2. The van der Waals surface area contributed by atoms with Crippen molar-refractivity contribution in [2.75, 3.05) is 17.2 Å². The quantitative estimate of drug-likeness (QED) is 0.865. The Morgan fingerprint density at radius 1 is 1.24 bits per heavy atom. The lowest BCUT2D eigenvalue weighted by Crippen LogP contribution is -2.15. The molecule has 1 heterocycles. The summed E-state index contributed by atoms with van der Waals surface area (Å²) in [4.78, 5) is 12.1. The van der Waals surface area contributed by atoms with Crippen LogP contribution in [0.2, 0.25) is 0 Å². The van der Waals surface area contributed by atoms with Crippen LogP contribution in [-0.2, 0) is 0 Å². The molecule has 0 fully saturated rings. The van der Waals surface area contributed by atoms with Crippen LogP contribution in [0.1, 0.15) is 29.4 Å².